The molecule has 3 N–H and O–H groups in total. The van der Waals surface area contributed by atoms with Crippen molar-refractivity contribution in [3.05, 3.63) is 0 Å². The monoisotopic (exact) mass is 260 g/mol. The Labute approximate surface area is 106 Å². The van der Waals surface area contributed by atoms with Crippen molar-refractivity contribution in [2.24, 2.45) is 0 Å². The van der Waals surface area contributed by atoms with Crippen molar-refractivity contribution >= 4 is 12.0 Å². The fraction of sp³-hybridized carbons (Fsp3) is 0.818. The first-order valence-electron chi connectivity index (χ1n) is 6.05. The fourth-order valence-electron chi connectivity index (χ4n) is 1.78. The van der Waals surface area contributed by atoms with Gasteiger partial charge in [-0.05, 0) is 19.8 Å². The van der Waals surface area contributed by atoms with E-state index in [1.54, 1.807) is 4.90 Å². The van der Waals surface area contributed by atoms with Gasteiger partial charge in [-0.1, -0.05) is 0 Å². The minimum Gasteiger partial charge on any atom is -0.480 e. The Morgan fingerprint density at radius 1 is 1.44 bits per heavy atom. The molecule has 104 valence electrons. The SMILES string of the molecule is C[C@@H](NC(=O)N1CCC(OCCO)CC1)C(=O)O. The van der Waals surface area contributed by atoms with E-state index in [-0.39, 0.29) is 18.7 Å². The maximum absolute atomic E-state index is 11.7. The molecule has 0 aromatic carbocycles. The zero-order valence-electron chi connectivity index (χ0n) is 10.5. The second-order valence-electron chi connectivity index (χ2n) is 4.29. The van der Waals surface area contributed by atoms with Crippen LogP contribution in [0.1, 0.15) is 19.8 Å². The number of rotatable bonds is 5. The standard InChI is InChI=1S/C11H20N2O5/c1-8(10(15)16)12-11(17)13-4-2-9(3-5-13)18-7-6-14/h8-9,14H,2-7H2,1H3,(H,12,17)(H,15,16)/t8-/m1/s1. The lowest BCUT2D eigenvalue weighted by Crippen LogP contribution is -2.50. The van der Waals surface area contributed by atoms with Crippen LogP contribution in [0.4, 0.5) is 4.79 Å². The van der Waals surface area contributed by atoms with Crippen molar-refractivity contribution in [3.8, 4) is 0 Å². The summed E-state index contributed by atoms with van der Waals surface area (Å²) in [7, 11) is 0. The minimum atomic E-state index is -1.05. The Bertz CT molecular complexity index is 289. The molecule has 18 heavy (non-hydrogen) atoms. The number of likely N-dealkylation sites (tertiary alicyclic amines) is 1. The summed E-state index contributed by atoms with van der Waals surface area (Å²) in [4.78, 5) is 23.9. The van der Waals surface area contributed by atoms with Crippen molar-refractivity contribution in [2.75, 3.05) is 26.3 Å². The van der Waals surface area contributed by atoms with Gasteiger partial charge >= 0.3 is 12.0 Å². The number of carboxylic acid groups (broad SMARTS) is 1. The lowest BCUT2D eigenvalue weighted by molar-refractivity contribution is -0.138. The number of aliphatic hydroxyl groups is 1. The molecule has 1 heterocycles. The van der Waals surface area contributed by atoms with Crippen molar-refractivity contribution < 1.29 is 24.5 Å². The van der Waals surface area contributed by atoms with Crippen LogP contribution >= 0.6 is 0 Å². The number of ether oxygens (including phenoxy) is 1. The Morgan fingerprint density at radius 2 is 2.06 bits per heavy atom. The van der Waals surface area contributed by atoms with Gasteiger partial charge in [0.05, 0.1) is 19.3 Å². The van der Waals surface area contributed by atoms with Crippen LogP contribution in [-0.2, 0) is 9.53 Å². The molecule has 1 aliphatic heterocycles. The molecule has 1 atom stereocenters. The van der Waals surface area contributed by atoms with Crippen molar-refractivity contribution in [3.63, 3.8) is 0 Å². The third-order valence-electron chi connectivity index (χ3n) is 2.88. The molecule has 1 rings (SSSR count). The van der Waals surface area contributed by atoms with E-state index < -0.39 is 12.0 Å². The second kappa shape index (κ2) is 7.17. The molecular weight excluding hydrogens is 240 g/mol. The molecule has 0 aromatic rings. The summed E-state index contributed by atoms with van der Waals surface area (Å²) in [5.41, 5.74) is 0. The van der Waals surface area contributed by atoms with Gasteiger partial charge in [-0.15, -0.1) is 0 Å². The summed E-state index contributed by atoms with van der Waals surface area (Å²) in [6.07, 6.45) is 1.47. The lowest BCUT2D eigenvalue weighted by atomic mass is 10.1. The molecule has 2 amide bonds. The van der Waals surface area contributed by atoms with Crippen LogP contribution in [0, 0.1) is 0 Å². The van der Waals surface area contributed by atoms with E-state index in [9.17, 15) is 9.59 Å². The van der Waals surface area contributed by atoms with Gasteiger partial charge in [0, 0.05) is 13.1 Å². The van der Waals surface area contributed by atoms with Crippen LogP contribution in [0.15, 0.2) is 0 Å². The van der Waals surface area contributed by atoms with E-state index in [1.807, 2.05) is 0 Å². The van der Waals surface area contributed by atoms with Gasteiger partial charge in [-0.25, -0.2) is 4.79 Å². The molecule has 0 unspecified atom stereocenters. The highest BCUT2D eigenvalue weighted by Crippen LogP contribution is 2.13. The number of amides is 2. The van der Waals surface area contributed by atoms with Crippen LogP contribution in [0.5, 0.6) is 0 Å². The van der Waals surface area contributed by atoms with E-state index in [1.165, 1.54) is 6.92 Å². The van der Waals surface area contributed by atoms with E-state index in [0.29, 0.717) is 32.5 Å². The Morgan fingerprint density at radius 3 is 2.56 bits per heavy atom. The van der Waals surface area contributed by atoms with Gasteiger partial charge in [0.15, 0.2) is 0 Å². The van der Waals surface area contributed by atoms with E-state index in [4.69, 9.17) is 14.9 Å². The molecule has 0 bridgehead atoms. The van der Waals surface area contributed by atoms with Crippen LogP contribution < -0.4 is 5.32 Å². The van der Waals surface area contributed by atoms with Gasteiger partial charge in [0.2, 0.25) is 0 Å². The largest absolute Gasteiger partial charge is 0.480 e. The number of carbonyl (C=O) groups excluding carboxylic acids is 1. The van der Waals surface area contributed by atoms with Crippen LogP contribution in [-0.4, -0.2) is 65.6 Å². The molecular formula is C11H20N2O5. The first kappa shape index (κ1) is 14.7. The van der Waals surface area contributed by atoms with Crippen molar-refractivity contribution in [1.82, 2.24) is 10.2 Å². The number of piperidine rings is 1. The Hall–Kier alpha value is -1.34. The lowest BCUT2D eigenvalue weighted by Gasteiger charge is -2.32. The van der Waals surface area contributed by atoms with Gasteiger partial charge < -0.3 is 25.2 Å². The molecule has 0 aromatic heterocycles. The predicted octanol–water partition coefficient (Wildman–Crippen LogP) is -0.358. The normalized spacial score (nSPS) is 18.4. The Balaban J connectivity index is 2.29. The first-order valence-corrected chi connectivity index (χ1v) is 6.05. The fourth-order valence-corrected chi connectivity index (χ4v) is 1.78. The number of nitrogens with zero attached hydrogens (tertiary/aromatic N) is 1. The van der Waals surface area contributed by atoms with Crippen molar-refractivity contribution in [1.29, 1.82) is 0 Å². The number of carbonyl (C=O) groups is 2. The summed E-state index contributed by atoms with van der Waals surface area (Å²) in [6, 6.07) is -1.24. The average molecular weight is 260 g/mol. The summed E-state index contributed by atoms with van der Waals surface area (Å²) in [5.74, 6) is -1.05. The quantitative estimate of drug-likeness (QED) is 0.627. The van der Waals surface area contributed by atoms with Crippen molar-refractivity contribution in [2.45, 2.75) is 31.9 Å². The summed E-state index contributed by atoms with van der Waals surface area (Å²) in [6.45, 7) is 2.81. The maximum Gasteiger partial charge on any atom is 0.325 e. The van der Waals surface area contributed by atoms with Crippen LogP contribution in [0.25, 0.3) is 0 Å². The summed E-state index contributed by atoms with van der Waals surface area (Å²) < 4.78 is 5.38. The minimum absolute atomic E-state index is 0.00315. The number of aliphatic carboxylic acids is 1. The van der Waals surface area contributed by atoms with E-state index >= 15 is 0 Å². The number of hydrogen-bond donors (Lipinski definition) is 3. The predicted molar refractivity (Wildman–Crippen MR) is 63.3 cm³/mol. The van der Waals surface area contributed by atoms with Gasteiger partial charge in [-0.2, -0.15) is 0 Å². The molecule has 7 nitrogen and oxygen atoms in total. The second-order valence-corrected chi connectivity index (χ2v) is 4.29. The smallest absolute Gasteiger partial charge is 0.325 e. The highest BCUT2D eigenvalue weighted by molar-refractivity contribution is 5.82. The molecule has 0 aliphatic carbocycles. The Kier molecular flexibility index (Phi) is 5.87. The highest BCUT2D eigenvalue weighted by Gasteiger charge is 2.25. The van der Waals surface area contributed by atoms with Gasteiger partial charge in [0.25, 0.3) is 0 Å². The zero-order valence-corrected chi connectivity index (χ0v) is 10.5. The number of nitrogens with one attached hydrogen (secondary N) is 1. The average Bonchev–Trinajstić information content (AvgIpc) is 2.36. The molecule has 1 aliphatic rings. The third kappa shape index (κ3) is 4.50. The molecule has 0 spiro atoms. The van der Waals surface area contributed by atoms with E-state index in [2.05, 4.69) is 5.32 Å². The summed E-state index contributed by atoms with van der Waals surface area (Å²) >= 11 is 0. The number of carboxylic acids is 1. The molecule has 1 saturated heterocycles. The number of aliphatic hydroxyl groups excluding tert-OH is 1. The van der Waals surface area contributed by atoms with E-state index in [0.717, 1.165) is 0 Å². The van der Waals surface area contributed by atoms with Gasteiger partial charge in [-0.3, -0.25) is 4.79 Å². The van der Waals surface area contributed by atoms with Crippen LogP contribution in [0.3, 0.4) is 0 Å². The zero-order chi connectivity index (χ0) is 13.5. The van der Waals surface area contributed by atoms with Crippen LogP contribution in [0.2, 0.25) is 0 Å². The third-order valence-corrected chi connectivity index (χ3v) is 2.88. The van der Waals surface area contributed by atoms with Gasteiger partial charge in [0.1, 0.15) is 6.04 Å². The maximum atomic E-state index is 11.7. The molecule has 0 radical (unpaired) electrons. The molecule has 1 fully saturated rings. The molecule has 0 saturated carbocycles. The molecule has 7 heteroatoms. The number of urea groups is 1. The summed E-state index contributed by atoms with van der Waals surface area (Å²) in [5, 5.41) is 19.7. The topological polar surface area (TPSA) is 99.1 Å². The first-order chi connectivity index (χ1) is 8.54. The number of hydrogen-bond acceptors (Lipinski definition) is 4. The highest BCUT2D eigenvalue weighted by atomic mass is 16.5.